The van der Waals surface area contributed by atoms with Crippen molar-refractivity contribution in [3.8, 4) is 5.75 Å². The Hall–Kier alpha value is -1.99. The summed E-state index contributed by atoms with van der Waals surface area (Å²) in [5, 5.41) is 11.1. The van der Waals surface area contributed by atoms with E-state index in [0.717, 1.165) is 63.3 Å². The van der Waals surface area contributed by atoms with E-state index in [1.54, 1.807) is 0 Å². The quantitative estimate of drug-likeness (QED) is 0.439. The summed E-state index contributed by atoms with van der Waals surface area (Å²) in [5.41, 5.74) is 2.31. The van der Waals surface area contributed by atoms with Gasteiger partial charge < -0.3 is 24.4 Å². The lowest BCUT2D eigenvalue weighted by Crippen LogP contribution is -2.46. The van der Waals surface area contributed by atoms with E-state index >= 15 is 0 Å². The van der Waals surface area contributed by atoms with Gasteiger partial charge in [0.1, 0.15) is 5.75 Å². The molecule has 0 aromatic heterocycles. The first-order valence-electron chi connectivity index (χ1n) is 11.9. The average Bonchev–Trinajstić information content (AvgIpc) is 2.82. The van der Waals surface area contributed by atoms with Crippen LogP contribution in [0.3, 0.4) is 0 Å². The minimum Gasteiger partial charge on any atom is -0.491 e. The number of benzene rings is 2. The van der Waals surface area contributed by atoms with Crippen molar-refractivity contribution in [2.24, 2.45) is 0 Å². The molecule has 0 bridgehead atoms. The summed E-state index contributed by atoms with van der Waals surface area (Å²) in [6.45, 7) is 7.63. The molecule has 0 aliphatic carbocycles. The van der Waals surface area contributed by atoms with Crippen LogP contribution in [0.4, 0.5) is 5.69 Å². The molecule has 2 aromatic rings. The maximum Gasteiger partial charge on any atom is 0.337 e. The van der Waals surface area contributed by atoms with E-state index in [-0.39, 0.29) is 36.9 Å². The van der Waals surface area contributed by atoms with Crippen LogP contribution < -0.4 is 9.64 Å². The summed E-state index contributed by atoms with van der Waals surface area (Å²) < 4.78 is 10.5. The van der Waals surface area contributed by atoms with Gasteiger partial charge >= 0.3 is 5.97 Å². The number of hydrogen-bond donors (Lipinski definition) is 1. The van der Waals surface area contributed by atoms with Crippen molar-refractivity contribution in [2.75, 3.05) is 45.2 Å². The number of nitrogens with zero attached hydrogens (tertiary/aromatic N) is 2. The first-order chi connectivity index (χ1) is 15.8. The van der Waals surface area contributed by atoms with Gasteiger partial charge in [-0.25, -0.2) is 4.79 Å². The van der Waals surface area contributed by atoms with Crippen LogP contribution >= 0.6 is 24.8 Å². The third-order valence-electron chi connectivity index (χ3n) is 6.44. The number of esters is 1. The molecule has 2 aromatic carbocycles. The lowest BCUT2D eigenvalue weighted by Gasteiger charge is -2.39. The minimum absolute atomic E-state index is 0. The molecular weight excluding hydrogens is 487 g/mol. The van der Waals surface area contributed by atoms with Crippen molar-refractivity contribution in [1.82, 2.24) is 4.90 Å². The second-order valence-electron chi connectivity index (χ2n) is 9.34. The predicted octanol–water partition coefficient (Wildman–Crippen LogP) is 5.00. The second-order valence-corrected chi connectivity index (χ2v) is 9.34. The molecular formula is C27H40Cl2N2O4. The van der Waals surface area contributed by atoms with E-state index in [1.807, 2.05) is 50.2 Å². The zero-order valence-electron chi connectivity index (χ0n) is 21.2. The van der Waals surface area contributed by atoms with Gasteiger partial charge in [-0.05, 0) is 81.5 Å². The summed E-state index contributed by atoms with van der Waals surface area (Å²) >= 11 is 0. The van der Waals surface area contributed by atoms with E-state index in [2.05, 4.69) is 29.0 Å². The fourth-order valence-electron chi connectivity index (χ4n) is 4.21. The zero-order valence-corrected chi connectivity index (χ0v) is 22.9. The summed E-state index contributed by atoms with van der Waals surface area (Å²) in [7, 11) is 3.47. The van der Waals surface area contributed by atoms with Gasteiger partial charge in [-0.1, -0.05) is 12.1 Å². The predicted molar refractivity (Wildman–Crippen MR) is 147 cm³/mol. The molecule has 6 nitrogen and oxygen atoms in total. The first-order valence-corrected chi connectivity index (χ1v) is 11.9. The first kappa shape index (κ1) is 31.0. The summed E-state index contributed by atoms with van der Waals surface area (Å²) in [4.78, 5) is 16.2. The van der Waals surface area contributed by atoms with Gasteiger partial charge in [0.2, 0.25) is 0 Å². The fourth-order valence-corrected chi connectivity index (χ4v) is 4.21. The van der Waals surface area contributed by atoms with Gasteiger partial charge in [-0.15, -0.1) is 24.8 Å². The number of carbonyl (C=O) groups excluding carboxylic acids is 1. The van der Waals surface area contributed by atoms with Gasteiger partial charge in [0, 0.05) is 38.9 Å². The summed E-state index contributed by atoms with van der Waals surface area (Å²) in [6.07, 6.45) is 3.45. The van der Waals surface area contributed by atoms with E-state index < -0.39 is 5.60 Å². The molecule has 8 heteroatoms. The van der Waals surface area contributed by atoms with Crippen molar-refractivity contribution in [3.05, 3.63) is 59.7 Å². The molecule has 1 N–H and O–H groups in total. The smallest absolute Gasteiger partial charge is 0.337 e. The van der Waals surface area contributed by atoms with Gasteiger partial charge in [0.15, 0.2) is 0 Å². The molecule has 0 saturated carbocycles. The van der Waals surface area contributed by atoms with Gasteiger partial charge in [0.25, 0.3) is 0 Å². The number of aliphatic hydroxyl groups is 1. The molecule has 1 saturated heterocycles. The lowest BCUT2D eigenvalue weighted by atomic mass is 9.88. The molecule has 1 aliphatic heterocycles. The topological polar surface area (TPSA) is 62.2 Å². The zero-order chi connectivity index (χ0) is 23.8. The van der Waals surface area contributed by atoms with Crippen LogP contribution in [-0.4, -0.2) is 68.0 Å². The second kappa shape index (κ2) is 14.5. The largest absolute Gasteiger partial charge is 0.491 e. The number of rotatable bonds is 10. The van der Waals surface area contributed by atoms with E-state index in [9.17, 15) is 9.90 Å². The average molecular weight is 528 g/mol. The molecule has 0 amide bonds. The molecule has 0 spiro atoms. The van der Waals surface area contributed by atoms with Gasteiger partial charge in [0.05, 0.1) is 24.4 Å². The Balaban J connectivity index is 0.00000306. The lowest BCUT2D eigenvalue weighted by molar-refractivity contribution is -0.0254. The number of ether oxygens (including phenoxy) is 2. The van der Waals surface area contributed by atoms with Crippen LogP contribution in [0.5, 0.6) is 5.75 Å². The Morgan fingerprint density at radius 2 is 1.66 bits per heavy atom. The number of anilines is 1. The Kier molecular flexibility index (Phi) is 12.9. The van der Waals surface area contributed by atoms with Crippen molar-refractivity contribution >= 4 is 36.5 Å². The van der Waals surface area contributed by atoms with E-state index in [4.69, 9.17) is 9.47 Å². The van der Waals surface area contributed by atoms with Crippen LogP contribution in [0.2, 0.25) is 0 Å². The maximum atomic E-state index is 11.6. The fraction of sp³-hybridized carbons (Fsp3) is 0.519. The molecule has 3 rings (SSSR count). The molecule has 1 heterocycles. The molecule has 35 heavy (non-hydrogen) atoms. The van der Waals surface area contributed by atoms with Crippen LogP contribution in [0, 0.1) is 0 Å². The van der Waals surface area contributed by atoms with Crippen LogP contribution in [0.15, 0.2) is 48.5 Å². The monoisotopic (exact) mass is 526 g/mol. The van der Waals surface area contributed by atoms with Crippen LogP contribution in [-0.2, 0) is 11.2 Å². The Morgan fingerprint density at radius 1 is 1.06 bits per heavy atom. The van der Waals surface area contributed by atoms with Gasteiger partial charge in [-0.2, -0.15) is 0 Å². The number of carbonyl (C=O) groups is 1. The van der Waals surface area contributed by atoms with E-state index in [0.29, 0.717) is 5.56 Å². The highest BCUT2D eigenvalue weighted by Crippen LogP contribution is 2.27. The molecule has 1 aliphatic rings. The number of hydrogen-bond acceptors (Lipinski definition) is 6. The third-order valence-corrected chi connectivity index (χ3v) is 6.44. The Labute approximate surface area is 222 Å². The highest BCUT2D eigenvalue weighted by Gasteiger charge is 2.32. The Morgan fingerprint density at radius 3 is 2.20 bits per heavy atom. The molecule has 196 valence electrons. The highest BCUT2D eigenvalue weighted by molar-refractivity contribution is 5.89. The third kappa shape index (κ3) is 9.53. The molecule has 0 atom stereocenters. The van der Waals surface area contributed by atoms with Gasteiger partial charge in [-0.3, -0.25) is 0 Å². The van der Waals surface area contributed by atoms with Crippen LogP contribution in [0.1, 0.15) is 49.0 Å². The molecule has 0 radical (unpaired) electrons. The normalized spacial score (nSPS) is 15.0. The van der Waals surface area contributed by atoms with Crippen molar-refractivity contribution < 1.29 is 19.4 Å². The Bertz CT molecular complexity index is 883. The number of piperidine rings is 1. The van der Waals surface area contributed by atoms with Crippen LogP contribution in [0.25, 0.3) is 0 Å². The van der Waals surface area contributed by atoms with Crippen molar-refractivity contribution in [1.29, 1.82) is 0 Å². The minimum atomic E-state index is -0.604. The van der Waals surface area contributed by atoms with Crippen molar-refractivity contribution in [3.63, 3.8) is 0 Å². The highest BCUT2D eigenvalue weighted by atomic mass is 35.5. The number of halogens is 2. The number of methoxy groups -OCH3 is 1. The van der Waals surface area contributed by atoms with Crippen molar-refractivity contribution in [2.45, 2.75) is 51.2 Å². The molecule has 1 fully saturated rings. The summed E-state index contributed by atoms with van der Waals surface area (Å²) in [5.74, 6) is 0.576. The maximum absolute atomic E-state index is 11.6. The summed E-state index contributed by atoms with van der Waals surface area (Å²) in [6, 6.07) is 15.8. The SMILES string of the molecule is COC(=O)c1ccc(CCN2CCC(O)(CCN(C)c3ccc(OC(C)C)cc3)CC2)cc1.Cl.Cl. The van der Waals surface area contributed by atoms with E-state index in [1.165, 1.54) is 12.7 Å². The molecule has 0 unspecified atom stereocenters. The standard InChI is InChI=1S/C27H38N2O4.2ClH/c1-21(2)33-25-11-9-24(10-12-25)28(3)18-14-27(31)15-19-29(20-16-27)17-13-22-5-7-23(8-6-22)26(30)32-4;;/h5-12,21,31H,13-20H2,1-4H3;2*1H. The number of likely N-dealkylation sites (tertiary alicyclic amines) is 1.